The second-order valence-corrected chi connectivity index (χ2v) is 5.20. The molecule has 0 saturated carbocycles. The van der Waals surface area contributed by atoms with Gasteiger partial charge in [0.1, 0.15) is 5.69 Å². The Kier molecular flexibility index (Phi) is 2.87. The van der Waals surface area contributed by atoms with E-state index in [9.17, 15) is 4.79 Å². The summed E-state index contributed by atoms with van der Waals surface area (Å²) in [5.41, 5.74) is 8.30. The van der Waals surface area contributed by atoms with Crippen LogP contribution in [-0.4, -0.2) is 28.8 Å². The molecule has 5 heteroatoms. The standard InChI is InChI=1S/C17H14N4O/c18-6-8-19-13-9-14(22)17-15-11(5-7-20-16(13)15)10-3-1-2-4-12(10)21-17/h1-5,7,9,19H,6,8,18H2. The fraction of sp³-hybridized carbons (Fsp3) is 0.118. The van der Waals surface area contributed by atoms with Gasteiger partial charge in [0.15, 0.2) is 0 Å². The minimum Gasteiger partial charge on any atom is -0.382 e. The molecule has 5 nitrogen and oxygen atoms in total. The molecule has 0 amide bonds. The Morgan fingerprint density at radius 2 is 1.95 bits per heavy atom. The fourth-order valence-corrected chi connectivity index (χ4v) is 2.89. The van der Waals surface area contributed by atoms with Gasteiger partial charge in [-0.15, -0.1) is 0 Å². The van der Waals surface area contributed by atoms with Crippen molar-refractivity contribution >= 4 is 33.2 Å². The summed E-state index contributed by atoms with van der Waals surface area (Å²) in [6, 6.07) is 9.77. The number of fused-ring (bicyclic) bond motifs is 2. The maximum absolute atomic E-state index is 12.5. The second kappa shape index (κ2) is 4.89. The highest BCUT2D eigenvalue weighted by atomic mass is 16.1. The summed E-state index contributed by atoms with van der Waals surface area (Å²) in [6.45, 7) is 1.08. The molecule has 0 atom stereocenters. The number of nitrogens with one attached hydrogen (secondary N) is 1. The molecule has 2 aromatic heterocycles. The highest BCUT2D eigenvalue weighted by molar-refractivity contribution is 6.24. The number of carbonyl (C=O) groups excluding carboxylic acids is 1. The number of benzene rings is 1. The van der Waals surface area contributed by atoms with Crippen LogP contribution in [0.15, 0.2) is 42.6 Å². The Bertz CT molecular complexity index is 946. The minimum atomic E-state index is -0.101. The van der Waals surface area contributed by atoms with Gasteiger partial charge in [-0.3, -0.25) is 9.78 Å². The van der Waals surface area contributed by atoms with Crippen molar-refractivity contribution in [3.63, 3.8) is 0 Å². The zero-order chi connectivity index (χ0) is 15.1. The van der Waals surface area contributed by atoms with Crippen LogP contribution in [0.5, 0.6) is 0 Å². The Balaban J connectivity index is 2.08. The molecule has 1 aromatic carbocycles. The molecule has 1 aliphatic carbocycles. The number of nitrogens with two attached hydrogens (primary N) is 1. The monoisotopic (exact) mass is 290 g/mol. The molecule has 4 rings (SSSR count). The number of para-hydroxylation sites is 1. The molecule has 0 fully saturated rings. The van der Waals surface area contributed by atoms with Crippen LogP contribution >= 0.6 is 0 Å². The first kappa shape index (κ1) is 12.9. The van der Waals surface area contributed by atoms with Gasteiger partial charge in [0.05, 0.1) is 16.9 Å². The summed E-state index contributed by atoms with van der Waals surface area (Å²) in [5.74, 6) is -0.101. The third-order valence-corrected chi connectivity index (χ3v) is 3.84. The van der Waals surface area contributed by atoms with Gasteiger partial charge in [-0.05, 0) is 17.5 Å². The SMILES string of the molecule is NCCNC1=CC(=O)c2nc3ccccc3c3ccnc1c23. The first-order chi connectivity index (χ1) is 10.8. The van der Waals surface area contributed by atoms with Crippen molar-refractivity contribution in [2.24, 2.45) is 5.73 Å². The lowest BCUT2D eigenvalue weighted by atomic mass is 9.95. The quantitative estimate of drug-likeness (QED) is 0.720. The van der Waals surface area contributed by atoms with Crippen LogP contribution < -0.4 is 11.1 Å². The maximum Gasteiger partial charge on any atom is 0.207 e. The Hall–Kier alpha value is -2.79. The van der Waals surface area contributed by atoms with Gasteiger partial charge in [-0.1, -0.05) is 18.2 Å². The van der Waals surface area contributed by atoms with Crippen LogP contribution in [0.3, 0.4) is 0 Å². The van der Waals surface area contributed by atoms with Gasteiger partial charge >= 0.3 is 0 Å². The largest absolute Gasteiger partial charge is 0.382 e. The lowest BCUT2D eigenvalue weighted by molar-refractivity contribution is 0.104. The van der Waals surface area contributed by atoms with Crippen molar-refractivity contribution in [1.29, 1.82) is 0 Å². The zero-order valence-corrected chi connectivity index (χ0v) is 11.8. The van der Waals surface area contributed by atoms with E-state index < -0.39 is 0 Å². The molecule has 0 bridgehead atoms. The average molecular weight is 290 g/mol. The van der Waals surface area contributed by atoms with E-state index in [0.717, 1.165) is 27.4 Å². The third-order valence-electron chi connectivity index (χ3n) is 3.84. The van der Waals surface area contributed by atoms with Gasteiger partial charge in [-0.2, -0.15) is 0 Å². The van der Waals surface area contributed by atoms with Crippen LogP contribution in [0.25, 0.3) is 27.4 Å². The fourth-order valence-electron chi connectivity index (χ4n) is 2.89. The van der Waals surface area contributed by atoms with Crippen molar-refractivity contribution in [3.8, 4) is 0 Å². The summed E-state index contributed by atoms with van der Waals surface area (Å²) in [5, 5.41) is 6.01. The van der Waals surface area contributed by atoms with Gasteiger partial charge in [0.25, 0.3) is 0 Å². The van der Waals surface area contributed by atoms with E-state index in [1.807, 2.05) is 30.3 Å². The normalized spacial score (nSPS) is 13.5. The van der Waals surface area contributed by atoms with Gasteiger partial charge in [0.2, 0.25) is 5.78 Å². The highest BCUT2D eigenvalue weighted by Crippen LogP contribution is 2.33. The Morgan fingerprint density at radius 3 is 2.82 bits per heavy atom. The number of carbonyl (C=O) groups is 1. The lowest BCUT2D eigenvalue weighted by Crippen LogP contribution is -2.24. The van der Waals surface area contributed by atoms with Crippen molar-refractivity contribution in [2.45, 2.75) is 0 Å². The van der Waals surface area contributed by atoms with Crippen molar-refractivity contribution < 1.29 is 4.79 Å². The number of pyridine rings is 2. The number of rotatable bonds is 3. The van der Waals surface area contributed by atoms with E-state index in [4.69, 9.17) is 5.73 Å². The van der Waals surface area contributed by atoms with Gasteiger partial charge in [0, 0.05) is 36.1 Å². The second-order valence-electron chi connectivity index (χ2n) is 5.20. The molecule has 22 heavy (non-hydrogen) atoms. The Morgan fingerprint density at radius 1 is 1.09 bits per heavy atom. The van der Waals surface area contributed by atoms with Crippen LogP contribution in [-0.2, 0) is 0 Å². The molecule has 0 unspecified atom stereocenters. The van der Waals surface area contributed by atoms with E-state index in [2.05, 4.69) is 15.3 Å². The number of nitrogens with zero attached hydrogens (tertiary/aromatic N) is 2. The van der Waals surface area contributed by atoms with Crippen LogP contribution in [0.4, 0.5) is 0 Å². The number of allylic oxidation sites excluding steroid dienone is 1. The van der Waals surface area contributed by atoms with E-state index in [-0.39, 0.29) is 5.78 Å². The smallest absolute Gasteiger partial charge is 0.207 e. The third kappa shape index (κ3) is 1.79. The molecule has 0 aliphatic heterocycles. The van der Waals surface area contributed by atoms with Crippen LogP contribution in [0, 0.1) is 0 Å². The molecule has 3 aromatic rings. The molecule has 108 valence electrons. The summed E-state index contributed by atoms with van der Waals surface area (Å²) in [6.07, 6.45) is 3.32. The predicted octanol–water partition coefficient (Wildman–Crippen LogP) is 1.87. The highest BCUT2D eigenvalue weighted by Gasteiger charge is 2.24. The molecule has 0 radical (unpaired) electrons. The summed E-state index contributed by atoms with van der Waals surface area (Å²) < 4.78 is 0. The molecular formula is C17H14N4O. The van der Waals surface area contributed by atoms with Crippen LogP contribution in [0.1, 0.15) is 16.2 Å². The number of hydrogen-bond acceptors (Lipinski definition) is 5. The van der Waals surface area contributed by atoms with E-state index >= 15 is 0 Å². The Labute approximate surface area is 126 Å². The van der Waals surface area contributed by atoms with Crippen molar-refractivity contribution in [1.82, 2.24) is 15.3 Å². The van der Waals surface area contributed by atoms with Gasteiger partial charge < -0.3 is 11.1 Å². The van der Waals surface area contributed by atoms with Crippen LogP contribution in [0.2, 0.25) is 0 Å². The van der Waals surface area contributed by atoms with E-state index in [0.29, 0.717) is 24.5 Å². The van der Waals surface area contributed by atoms with E-state index in [1.165, 1.54) is 0 Å². The molecule has 0 spiro atoms. The molecule has 1 aliphatic rings. The number of aromatic nitrogens is 2. The summed E-state index contributed by atoms with van der Waals surface area (Å²) >= 11 is 0. The van der Waals surface area contributed by atoms with Crippen molar-refractivity contribution in [2.75, 3.05) is 13.1 Å². The summed E-state index contributed by atoms with van der Waals surface area (Å²) in [7, 11) is 0. The minimum absolute atomic E-state index is 0.101. The molecular weight excluding hydrogens is 276 g/mol. The topological polar surface area (TPSA) is 80.9 Å². The zero-order valence-electron chi connectivity index (χ0n) is 11.8. The number of ketones is 1. The van der Waals surface area contributed by atoms with E-state index in [1.54, 1.807) is 12.3 Å². The first-order valence-electron chi connectivity index (χ1n) is 7.17. The van der Waals surface area contributed by atoms with Crippen molar-refractivity contribution in [3.05, 3.63) is 54.0 Å². The van der Waals surface area contributed by atoms with Gasteiger partial charge in [-0.25, -0.2) is 4.98 Å². The maximum atomic E-state index is 12.5. The molecule has 0 saturated heterocycles. The predicted molar refractivity (Wildman–Crippen MR) is 86.4 cm³/mol. The molecule has 3 N–H and O–H groups in total. The first-order valence-corrected chi connectivity index (χ1v) is 7.17. The average Bonchev–Trinajstić information content (AvgIpc) is 2.56. The molecule has 2 heterocycles. The number of hydrogen-bond donors (Lipinski definition) is 2. The lowest BCUT2D eigenvalue weighted by Gasteiger charge is -2.18. The summed E-state index contributed by atoms with van der Waals surface area (Å²) in [4.78, 5) is 21.4.